The first-order chi connectivity index (χ1) is 28.1. The Bertz CT molecular complexity index is 2130. The van der Waals surface area contributed by atoms with Crippen LogP contribution in [0.3, 0.4) is 0 Å². The number of aromatic nitrogens is 2. The number of aliphatic hydroxyl groups excluding tert-OH is 1. The minimum Gasteiger partial charge on any atom is -0.506 e. The molecule has 0 unspecified atom stereocenters. The molecule has 2 aromatic carbocycles. The number of carboxylic acids is 2. The van der Waals surface area contributed by atoms with Crippen LogP contribution in [0.5, 0.6) is 5.75 Å². The molecule has 0 bridgehead atoms. The molecule has 2 saturated heterocycles. The van der Waals surface area contributed by atoms with Gasteiger partial charge >= 0.3 is 24.3 Å². The van der Waals surface area contributed by atoms with Gasteiger partial charge in [-0.05, 0) is 60.5 Å². The molecule has 1 spiro atoms. The number of ether oxygens (including phenoxy) is 1. The Balaban J connectivity index is 0.000000488. The zero-order valence-corrected chi connectivity index (χ0v) is 33.3. The first-order valence-electron chi connectivity index (χ1n) is 18.6. The maximum atomic E-state index is 13.2. The van der Waals surface area contributed by atoms with Crippen LogP contribution in [0.2, 0.25) is 0 Å². The third-order valence-corrected chi connectivity index (χ3v) is 10.5. The number of halogens is 6. The Labute approximate surface area is 343 Å². The van der Waals surface area contributed by atoms with E-state index in [-0.39, 0.29) is 22.8 Å². The van der Waals surface area contributed by atoms with Crippen LogP contribution in [0.15, 0.2) is 58.7 Å². The molecule has 2 aromatic heterocycles. The third kappa shape index (κ3) is 13.5. The number of thiazole rings is 1. The minimum absolute atomic E-state index is 0.0197. The van der Waals surface area contributed by atoms with Crippen molar-refractivity contribution >= 4 is 40.1 Å². The molecule has 328 valence electrons. The summed E-state index contributed by atoms with van der Waals surface area (Å²) in [7, 11) is 0. The number of phenolic OH excluding ortho intramolecular Hbond substituents is 1. The quantitative estimate of drug-likeness (QED) is 0.0870. The average molecular weight is 874 g/mol. The van der Waals surface area contributed by atoms with Crippen LogP contribution in [0.1, 0.15) is 70.9 Å². The van der Waals surface area contributed by atoms with E-state index in [1.165, 1.54) is 34.6 Å². The van der Waals surface area contributed by atoms with Crippen molar-refractivity contribution < 1.29 is 65.9 Å². The number of aromatic hydroxyl groups is 1. The molecule has 4 aromatic rings. The molecule has 2 aliphatic rings. The summed E-state index contributed by atoms with van der Waals surface area (Å²) in [5, 5.41) is 41.7. The van der Waals surface area contributed by atoms with E-state index < -0.39 is 30.4 Å². The first-order valence-corrected chi connectivity index (χ1v) is 19.5. The van der Waals surface area contributed by atoms with E-state index in [9.17, 15) is 46.1 Å². The number of H-pyrrole nitrogens is 1. The van der Waals surface area contributed by atoms with Crippen LogP contribution in [0.25, 0.3) is 10.9 Å². The fraction of sp³-hybridized carbons (Fsp3) is 0.462. The summed E-state index contributed by atoms with van der Waals surface area (Å²) in [5.41, 5.74) is 3.87. The van der Waals surface area contributed by atoms with Crippen LogP contribution in [0.4, 0.5) is 26.3 Å². The number of nitrogens with zero attached hydrogens (tertiary/aromatic N) is 3. The molecule has 6 N–H and O–H groups in total. The Morgan fingerprint density at radius 1 is 0.967 bits per heavy atom. The Kier molecular flexibility index (Phi) is 16.2. The maximum Gasteiger partial charge on any atom is 0.490 e. The van der Waals surface area contributed by atoms with Crippen LogP contribution >= 0.6 is 11.3 Å². The normalized spacial score (nSPS) is 16.1. The Morgan fingerprint density at radius 2 is 1.60 bits per heavy atom. The highest BCUT2D eigenvalue weighted by molar-refractivity contribution is 7.11. The number of piperidine rings is 1. The molecule has 1 amide bonds. The van der Waals surface area contributed by atoms with E-state index in [4.69, 9.17) is 24.5 Å². The molecule has 2 aliphatic heterocycles. The molecule has 60 heavy (non-hydrogen) atoms. The fourth-order valence-electron chi connectivity index (χ4n) is 6.50. The largest absolute Gasteiger partial charge is 0.506 e. The van der Waals surface area contributed by atoms with Crippen LogP contribution in [-0.4, -0.2) is 122 Å². The van der Waals surface area contributed by atoms with Gasteiger partial charge in [-0.3, -0.25) is 14.5 Å². The van der Waals surface area contributed by atoms with Gasteiger partial charge in [-0.15, -0.1) is 11.3 Å². The second kappa shape index (κ2) is 20.4. The summed E-state index contributed by atoms with van der Waals surface area (Å²) in [4.78, 5) is 54.3. The number of hydrogen-bond acceptors (Lipinski definition) is 11. The Morgan fingerprint density at radius 3 is 2.20 bits per heavy atom. The molecule has 14 nitrogen and oxygen atoms in total. The van der Waals surface area contributed by atoms with Crippen molar-refractivity contribution in [2.75, 3.05) is 45.9 Å². The lowest BCUT2D eigenvalue weighted by molar-refractivity contribution is -0.193. The highest BCUT2D eigenvalue weighted by Gasteiger charge is 2.42. The van der Waals surface area contributed by atoms with Gasteiger partial charge in [-0.2, -0.15) is 26.3 Å². The number of benzene rings is 2. The van der Waals surface area contributed by atoms with Gasteiger partial charge in [0.2, 0.25) is 5.56 Å². The summed E-state index contributed by atoms with van der Waals surface area (Å²) in [6.45, 7) is 9.73. The van der Waals surface area contributed by atoms with Gasteiger partial charge in [-0.1, -0.05) is 44.2 Å². The van der Waals surface area contributed by atoms with Crippen molar-refractivity contribution in [1.82, 2.24) is 25.1 Å². The van der Waals surface area contributed by atoms with Crippen molar-refractivity contribution in [3.63, 3.8) is 0 Å². The number of aliphatic carboxylic acids is 2. The molecular formula is C39H45F6N5O9S. The highest BCUT2D eigenvalue weighted by Crippen LogP contribution is 2.32. The number of aromatic amines is 1. The van der Waals surface area contributed by atoms with E-state index >= 15 is 0 Å². The van der Waals surface area contributed by atoms with Gasteiger partial charge in [0.05, 0.1) is 36.1 Å². The van der Waals surface area contributed by atoms with E-state index in [1.54, 1.807) is 12.1 Å². The molecule has 0 aliphatic carbocycles. The first kappa shape index (κ1) is 47.6. The van der Waals surface area contributed by atoms with Crippen molar-refractivity contribution in [3.8, 4) is 5.75 Å². The molecule has 4 heterocycles. The van der Waals surface area contributed by atoms with Gasteiger partial charge in [0.1, 0.15) is 5.75 Å². The van der Waals surface area contributed by atoms with Gasteiger partial charge < -0.3 is 40.4 Å². The van der Waals surface area contributed by atoms with Gasteiger partial charge in [0.15, 0.2) is 5.01 Å². The summed E-state index contributed by atoms with van der Waals surface area (Å²) >= 11 is 1.44. The lowest BCUT2D eigenvalue weighted by Crippen LogP contribution is -2.57. The number of morpholine rings is 1. The number of carbonyl (C=O) groups excluding carboxylic acids is 1. The van der Waals surface area contributed by atoms with E-state index in [1.807, 2.05) is 10.3 Å². The molecule has 0 radical (unpaired) electrons. The van der Waals surface area contributed by atoms with Crippen molar-refractivity contribution in [1.29, 1.82) is 0 Å². The van der Waals surface area contributed by atoms with Gasteiger partial charge in [0.25, 0.3) is 5.91 Å². The predicted octanol–water partition coefficient (Wildman–Crippen LogP) is 5.45. The number of fused-ring (bicyclic) bond motifs is 1. The number of rotatable bonds is 10. The number of amides is 1. The van der Waals surface area contributed by atoms with E-state index in [2.05, 4.69) is 58.3 Å². The fourth-order valence-corrected chi connectivity index (χ4v) is 7.44. The average Bonchev–Trinajstić information content (AvgIpc) is 3.69. The molecule has 6 rings (SSSR count). The summed E-state index contributed by atoms with van der Waals surface area (Å²) < 4.78 is 69.8. The second-order valence-electron chi connectivity index (χ2n) is 14.4. The number of nitrogens with one attached hydrogen (secondary N) is 2. The van der Waals surface area contributed by atoms with Crippen LogP contribution < -0.4 is 10.9 Å². The molecular weight excluding hydrogens is 829 g/mol. The zero-order valence-electron chi connectivity index (χ0n) is 32.5. The Hall–Kier alpha value is -5.09. The van der Waals surface area contributed by atoms with Crippen molar-refractivity contribution in [2.24, 2.45) is 0 Å². The molecule has 1 atom stereocenters. The van der Waals surface area contributed by atoms with E-state index in [0.29, 0.717) is 60.2 Å². The lowest BCUT2D eigenvalue weighted by Gasteiger charge is -2.47. The topological polar surface area (TPSA) is 206 Å². The molecule has 2 fully saturated rings. The standard InChI is InChI=1S/C35H43N5O5S.2C2HF3O2/c1-23(2)28-21-46-33(37-28)34(44)40-16-17-45-35(22-40)11-14-39(15-12-35)20-25-5-3-4-24(18-25)10-13-36-19-30(42)26-6-8-29(41)32-27(26)7-9-31(43)38-32;2*3-2(4,5)1(6)7/h3-9,18,21,23,30,36,41-42H,10-17,19-20,22H2,1-2H3,(H,38,43);2*(H,6,7)/t30-;;/m0../s1. The summed E-state index contributed by atoms with van der Waals surface area (Å²) in [6.07, 6.45) is -8.34. The molecule has 0 saturated carbocycles. The number of aliphatic hydroxyl groups is 1. The van der Waals surface area contributed by atoms with E-state index in [0.717, 1.165) is 44.6 Å². The van der Waals surface area contributed by atoms with Crippen LogP contribution in [0, 0.1) is 0 Å². The summed E-state index contributed by atoms with van der Waals surface area (Å²) in [5.74, 6) is -5.20. The number of alkyl halides is 6. The number of carbonyl (C=O) groups is 3. The summed E-state index contributed by atoms with van der Waals surface area (Å²) in [6, 6.07) is 14.9. The van der Waals surface area contributed by atoms with Crippen LogP contribution in [-0.2, 0) is 27.3 Å². The monoisotopic (exact) mass is 873 g/mol. The number of likely N-dealkylation sites (tertiary alicyclic amines) is 1. The maximum absolute atomic E-state index is 13.2. The zero-order chi connectivity index (χ0) is 44.4. The number of hydrogen-bond donors (Lipinski definition) is 6. The second-order valence-corrected chi connectivity index (χ2v) is 15.3. The third-order valence-electron chi connectivity index (χ3n) is 9.68. The number of carboxylic acid groups (broad SMARTS) is 2. The number of pyridine rings is 1. The van der Waals surface area contributed by atoms with Gasteiger partial charge in [0, 0.05) is 49.6 Å². The number of phenols is 1. The predicted molar refractivity (Wildman–Crippen MR) is 207 cm³/mol. The van der Waals surface area contributed by atoms with Crippen molar-refractivity contribution in [3.05, 3.63) is 91.7 Å². The SMILES string of the molecule is CC(C)c1csc(C(=O)N2CCOC3(CCN(Cc4cccc(CCNC[C@H](O)c5ccc(O)c6[nH]c(=O)ccc56)c4)CC3)C2)n1.O=C(O)C(F)(F)F.O=C(O)C(F)(F)F. The van der Waals surface area contributed by atoms with Gasteiger partial charge in [-0.25, -0.2) is 14.6 Å². The molecule has 21 heteroatoms. The highest BCUT2D eigenvalue weighted by atomic mass is 32.1. The minimum atomic E-state index is -5.08. The smallest absolute Gasteiger partial charge is 0.490 e. The van der Waals surface area contributed by atoms with Crippen molar-refractivity contribution in [2.45, 2.75) is 69.6 Å². The lowest BCUT2D eigenvalue weighted by atomic mass is 9.89.